The van der Waals surface area contributed by atoms with Gasteiger partial charge in [0.15, 0.2) is 0 Å². The van der Waals surface area contributed by atoms with E-state index in [4.69, 9.17) is 29.1 Å². The fourth-order valence-electron chi connectivity index (χ4n) is 12.6. The minimum Gasteiger partial charge on any atom is -0.458 e. The molecule has 0 bridgehead atoms. The van der Waals surface area contributed by atoms with Gasteiger partial charge in [0.05, 0.1) is 23.8 Å². The van der Waals surface area contributed by atoms with Crippen molar-refractivity contribution < 1.29 is 18.9 Å². The molecular formula is C64H46B2N4O4S. The van der Waals surface area contributed by atoms with Crippen molar-refractivity contribution in [3.8, 4) is 101 Å². The lowest BCUT2D eigenvalue weighted by molar-refractivity contribution is 0.464. The van der Waals surface area contributed by atoms with Gasteiger partial charge in [-0.05, 0) is 204 Å². The highest BCUT2D eigenvalue weighted by atomic mass is 32.1. The predicted molar refractivity (Wildman–Crippen MR) is 304 cm³/mol. The minimum atomic E-state index is -0.119. The van der Waals surface area contributed by atoms with Crippen LogP contribution in [0.25, 0.3) is 55.2 Å². The predicted octanol–water partition coefficient (Wildman–Crippen LogP) is 12.1. The highest BCUT2D eigenvalue weighted by Crippen LogP contribution is 2.41. The maximum absolute atomic E-state index is 6.68. The van der Waals surface area contributed by atoms with Gasteiger partial charge in [-0.15, -0.1) is 11.3 Å². The normalized spacial score (nSPS) is 13.0. The Morgan fingerprint density at radius 2 is 0.787 bits per heavy atom. The van der Waals surface area contributed by atoms with Gasteiger partial charge in [-0.2, -0.15) is 10.2 Å². The molecule has 0 radical (unpaired) electrons. The highest BCUT2D eigenvalue weighted by Gasteiger charge is 2.42. The van der Waals surface area contributed by atoms with Gasteiger partial charge >= 0.3 is 0 Å². The van der Waals surface area contributed by atoms with E-state index >= 15 is 0 Å². The average Bonchev–Trinajstić information content (AvgIpc) is 4.22. The summed E-state index contributed by atoms with van der Waals surface area (Å²) in [4.78, 5) is 1.16. The molecule has 0 amide bonds. The smallest absolute Gasteiger partial charge is 0.260 e. The van der Waals surface area contributed by atoms with Crippen molar-refractivity contribution in [1.29, 1.82) is 0 Å². The summed E-state index contributed by atoms with van der Waals surface area (Å²) in [6, 6.07) is 49.5. The molecule has 0 N–H and O–H groups in total. The van der Waals surface area contributed by atoms with E-state index in [1.54, 1.807) is 11.3 Å². The molecule has 8 aromatic carbocycles. The molecule has 0 saturated carbocycles. The van der Waals surface area contributed by atoms with Crippen LogP contribution in [0.5, 0.6) is 46.0 Å². The quantitative estimate of drug-likeness (QED) is 0.155. The van der Waals surface area contributed by atoms with Crippen molar-refractivity contribution >= 4 is 57.5 Å². The molecule has 0 atom stereocenters. The number of nitrogens with zero attached hydrogens (tertiary/aromatic N) is 4. The molecule has 7 heterocycles. The van der Waals surface area contributed by atoms with Crippen LogP contribution < -0.4 is 51.7 Å². The number of aryl methyl sites for hydroxylation is 6. The topological polar surface area (TPSA) is 72.6 Å². The summed E-state index contributed by atoms with van der Waals surface area (Å²) in [6.07, 6.45) is 8.21. The first-order valence-corrected chi connectivity index (χ1v) is 26.3. The lowest BCUT2D eigenvalue weighted by Crippen LogP contribution is -2.57. The number of thiophene rings is 1. The van der Waals surface area contributed by atoms with Crippen molar-refractivity contribution in [2.75, 3.05) is 0 Å². The maximum Gasteiger partial charge on any atom is 0.260 e. The Morgan fingerprint density at radius 3 is 1.24 bits per heavy atom. The molecule has 0 saturated heterocycles. The van der Waals surface area contributed by atoms with Gasteiger partial charge in [-0.25, -0.2) is 9.36 Å². The van der Waals surface area contributed by atoms with E-state index in [-0.39, 0.29) is 13.4 Å². The van der Waals surface area contributed by atoms with Crippen LogP contribution in [-0.4, -0.2) is 33.0 Å². The van der Waals surface area contributed by atoms with Gasteiger partial charge in [-0.3, -0.25) is 0 Å². The zero-order chi connectivity index (χ0) is 50.4. The second-order valence-electron chi connectivity index (χ2n) is 20.7. The first-order valence-electron chi connectivity index (χ1n) is 25.5. The number of rotatable bonds is 6. The van der Waals surface area contributed by atoms with E-state index in [1.807, 2.05) is 58.2 Å². The average molecular weight is 989 g/mol. The number of hydrogen-bond donors (Lipinski definition) is 0. The van der Waals surface area contributed by atoms with Crippen LogP contribution in [0.2, 0.25) is 0 Å². The molecule has 0 fully saturated rings. The standard InChI is InChI=1S/C64H46B2N4O4S/c1-35-21-37(3)61(38(4)22-35)44-30-67-69(32-44)46-15-19-54-50(28-46)65-48-25-41(13-17-52(48)71-56-9-7-11-58(73-54)63(56)65)43-27-60(75-34-43)42-14-18-53-49(26-42)66-51-29-47(16-20-55(51)74-59-12-8-10-57(72-53)64(59)66)70-33-45(31-68-70)62-39(5)23-36(2)24-40(62)6/h7-34H,1-6H3. The van der Waals surface area contributed by atoms with Crippen LogP contribution in [-0.2, 0) is 0 Å². The molecule has 11 heteroatoms. The van der Waals surface area contributed by atoms with Crippen LogP contribution in [0.15, 0.2) is 170 Å². The molecule has 3 aromatic heterocycles. The molecule has 4 aliphatic heterocycles. The molecule has 0 spiro atoms. The van der Waals surface area contributed by atoms with Gasteiger partial charge < -0.3 is 18.9 Å². The lowest BCUT2D eigenvalue weighted by Gasteiger charge is -2.33. The number of ether oxygens (including phenoxy) is 4. The fraction of sp³-hybridized carbons (Fsp3) is 0.0938. The lowest BCUT2D eigenvalue weighted by atomic mass is 9.34. The first-order chi connectivity index (χ1) is 36.6. The van der Waals surface area contributed by atoms with Gasteiger partial charge in [0, 0.05) is 39.3 Å². The molecule has 4 aliphatic rings. The highest BCUT2D eigenvalue weighted by molar-refractivity contribution is 7.14. The number of fused-ring (bicyclic) bond motifs is 8. The molecule has 15 rings (SSSR count). The monoisotopic (exact) mass is 988 g/mol. The summed E-state index contributed by atoms with van der Waals surface area (Å²) < 4.78 is 30.6. The molecular weight excluding hydrogens is 942 g/mol. The largest absolute Gasteiger partial charge is 0.458 e. The third kappa shape index (κ3) is 6.91. The summed E-state index contributed by atoms with van der Waals surface area (Å²) in [5.41, 5.74) is 23.9. The van der Waals surface area contributed by atoms with E-state index in [0.29, 0.717) is 0 Å². The molecule has 0 aliphatic carbocycles. The van der Waals surface area contributed by atoms with Crippen molar-refractivity contribution in [2.45, 2.75) is 41.5 Å². The van der Waals surface area contributed by atoms with Crippen LogP contribution in [0.1, 0.15) is 33.4 Å². The van der Waals surface area contributed by atoms with Crippen molar-refractivity contribution in [3.63, 3.8) is 0 Å². The van der Waals surface area contributed by atoms with Crippen LogP contribution in [0.4, 0.5) is 0 Å². The van der Waals surface area contributed by atoms with Gasteiger partial charge in [0.25, 0.3) is 13.4 Å². The maximum atomic E-state index is 6.68. The Kier molecular flexibility index (Phi) is 9.54. The Morgan fingerprint density at radius 1 is 0.387 bits per heavy atom. The van der Waals surface area contributed by atoms with E-state index < -0.39 is 0 Å². The Hall–Kier alpha value is -8.79. The van der Waals surface area contributed by atoms with E-state index in [0.717, 1.165) is 123 Å². The number of hydrogen-bond acceptors (Lipinski definition) is 7. The van der Waals surface area contributed by atoms with Crippen molar-refractivity contribution in [1.82, 2.24) is 19.6 Å². The SMILES string of the molecule is Cc1cc(C)c(-c2cnn(-c3ccc4c(c3)B3c5cc(-c6csc(-c7ccc8c(c7)B7c9cc(-n%10cc(-c%11c(C)cc(C)cc%11C)cn%10)ccc9Oc9cccc(c97)O8)c6)ccc5Oc5cccc(c53)O4)c2)c(C)c1. The summed E-state index contributed by atoms with van der Waals surface area (Å²) in [5.74, 6) is 6.59. The molecule has 0 unspecified atom stereocenters. The third-order valence-corrected chi connectivity index (χ3v) is 16.6. The molecule has 11 aromatic rings. The fourth-order valence-corrected chi connectivity index (χ4v) is 13.5. The second kappa shape index (κ2) is 16.4. The summed E-state index contributed by atoms with van der Waals surface area (Å²) in [7, 11) is 0. The van der Waals surface area contributed by atoms with Gasteiger partial charge in [0.2, 0.25) is 0 Å². The zero-order valence-electron chi connectivity index (χ0n) is 42.2. The Bertz CT molecular complexity index is 3920. The van der Waals surface area contributed by atoms with E-state index in [9.17, 15) is 0 Å². The van der Waals surface area contributed by atoms with E-state index in [1.165, 1.54) is 44.5 Å². The summed E-state index contributed by atoms with van der Waals surface area (Å²) in [5, 5.41) is 12.1. The number of aromatic nitrogens is 4. The number of benzene rings is 8. The first kappa shape index (κ1) is 43.8. The summed E-state index contributed by atoms with van der Waals surface area (Å²) >= 11 is 1.75. The molecule has 358 valence electrons. The van der Waals surface area contributed by atoms with Crippen LogP contribution in [0, 0.1) is 41.5 Å². The third-order valence-electron chi connectivity index (χ3n) is 15.6. The van der Waals surface area contributed by atoms with Crippen LogP contribution >= 0.6 is 11.3 Å². The second-order valence-corrected chi connectivity index (χ2v) is 21.6. The van der Waals surface area contributed by atoms with E-state index in [2.05, 4.69) is 162 Å². The van der Waals surface area contributed by atoms with Gasteiger partial charge in [-0.1, -0.05) is 65.7 Å². The van der Waals surface area contributed by atoms with Crippen LogP contribution in [0.3, 0.4) is 0 Å². The molecule has 8 nitrogen and oxygen atoms in total. The van der Waals surface area contributed by atoms with Crippen molar-refractivity contribution in [3.05, 3.63) is 203 Å². The van der Waals surface area contributed by atoms with Crippen molar-refractivity contribution in [2.24, 2.45) is 0 Å². The molecule has 75 heavy (non-hydrogen) atoms. The summed E-state index contributed by atoms with van der Waals surface area (Å²) in [6.45, 7) is 12.8. The van der Waals surface area contributed by atoms with Gasteiger partial charge in [0.1, 0.15) is 46.0 Å². The Balaban J connectivity index is 0.778. The minimum absolute atomic E-state index is 0.118. The Labute approximate surface area is 439 Å². The zero-order valence-corrected chi connectivity index (χ0v) is 43.0.